The maximum absolute atomic E-state index is 11.0. The minimum Gasteiger partial charge on any atom is -0.496 e. The Morgan fingerprint density at radius 3 is 2.11 bits per heavy atom. The van der Waals surface area contributed by atoms with Crippen LogP contribution in [0.25, 0.3) is 0 Å². The van der Waals surface area contributed by atoms with Crippen molar-refractivity contribution in [2.75, 3.05) is 28.1 Å². The molecule has 0 saturated heterocycles. The maximum atomic E-state index is 11.0. The van der Waals surface area contributed by atoms with Crippen molar-refractivity contribution in [3.63, 3.8) is 0 Å². The molecular formula is C21H24O7. The molecule has 3 atom stereocenters. The van der Waals surface area contributed by atoms with Crippen molar-refractivity contribution in [1.82, 2.24) is 0 Å². The molecule has 2 heterocycles. The fourth-order valence-corrected chi connectivity index (χ4v) is 3.91. The third kappa shape index (κ3) is 2.77. The zero-order chi connectivity index (χ0) is 20.1. The summed E-state index contributed by atoms with van der Waals surface area (Å²) < 4.78 is 33.7. The maximum Gasteiger partial charge on any atom is 0.231 e. The molecule has 2 aliphatic rings. The van der Waals surface area contributed by atoms with Crippen LogP contribution >= 0.6 is 0 Å². The molecule has 2 aromatic carbocycles. The van der Waals surface area contributed by atoms with Crippen LogP contribution in [0, 0.1) is 5.92 Å². The number of benzene rings is 2. The molecule has 2 aliphatic heterocycles. The molecule has 0 bridgehead atoms. The predicted molar refractivity (Wildman–Crippen MR) is 101 cm³/mol. The van der Waals surface area contributed by atoms with E-state index in [1.807, 2.05) is 13.0 Å². The Hall–Kier alpha value is -2.80. The molecule has 0 fully saturated rings. The summed E-state index contributed by atoms with van der Waals surface area (Å²) in [6, 6.07) is 7.27. The molecule has 3 unspecified atom stereocenters. The van der Waals surface area contributed by atoms with E-state index in [1.54, 1.807) is 46.5 Å². The molecule has 7 nitrogen and oxygen atoms in total. The monoisotopic (exact) mass is 388 g/mol. The highest BCUT2D eigenvalue weighted by atomic mass is 16.7. The summed E-state index contributed by atoms with van der Waals surface area (Å²) in [5, 5.41) is 11.0. The minimum absolute atomic E-state index is 0.157. The van der Waals surface area contributed by atoms with Crippen molar-refractivity contribution < 1.29 is 33.5 Å². The lowest BCUT2D eigenvalue weighted by atomic mass is 9.74. The van der Waals surface area contributed by atoms with E-state index in [4.69, 9.17) is 28.4 Å². The molecule has 2 aromatic rings. The van der Waals surface area contributed by atoms with Gasteiger partial charge in [0.1, 0.15) is 23.0 Å². The largest absolute Gasteiger partial charge is 0.496 e. The van der Waals surface area contributed by atoms with Crippen LogP contribution in [0.1, 0.15) is 30.9 Å². The molecule has 1 N–H and O–H groups in total. The van der Waals surface area contributed by atoms with Crippen LogP contribution in [0.4, 0.5) is 0 Å². The molecule has 0 aromatic heterocycles. The third-order valence-corrected chi connectivity index (χ3v) is 5.57. The lowest BCUT2D eigenvalue weighted by molar-refractivity contribution is -0.171. The molecule has 28 heavy (non-hydrogen) atoms. The average molecular weight is 388 g/mol. The molecular weight excluding hydrogens is 364 g/mol. The van der Waals surface area contributed by atoms with Gasteiger partial charge in [-0.3, -0.25) is 0 Å². The van der Waals surface area contributed by atoms with Crippen LogP contribution in [0.2, 0.25) is 0 Å². The fraction of sp³-hybridized carbons (Fsp3) is 0.429. The number of hydrogen-bond donors (Lipinski definition) is 1. The van der Waals surface area contributed by atoms with Gasteiger partial charge in [-0.1, -0.05) is 6.92 Å². The van der Waals surface area contributed by atoms with Gasteiger partial charge in [0.2, 0.25) is 12.6 Å². The number of rotatable bonds is 4. The summed E-state index contributed by atoms with van der Waals surface area (Å²) >= 11 is 0. The molecule has 150 valence electrons. The second kappa shape index (κ2) is 6.67. The summed E-state index contributed by atoms with van der Waals surface area (Å²) in [5.74, 6) is 1.63. The topological polar surface area (TPSA) is 75.6 Å². The highest BCUT2D eigenvalue weighted by molar-refractivity contribution is 5.61. The second-order valence-corrected chi connectivity index (χ2v) is 7.11. The van der Waals surface area contributed by atoms with Crippen LogP contribution in [0.5, 0.6) is 34.5 Å². The summed E-state index contributed by atoms with van der Waals surface area (Å²) in [6.07, 6.45) is 0. The quantitative estimate of drug-likeness (QED) is 0.861. The first-order chi connectivity index (χ1) is 13.4. The molecule has 0 radical (unpaired) electrons. The summed E-state index contributed by atoms with van der Waals surface area (Å²) in [5.41, 5.74) is 1.67. The normalized spacial score (nSPS) is 24.9. The standard InChI is InChI=1S/C21H24O7/c1-11-19(20-17(24-4)6-12(23-3)7-18(20)25-5)13-8-15-16(27-10-26-15)9-14(13)28-21(11,2)22/h6-9,11,19,22H,10H2,1-5H3. The van der Waals surface area contributed by atoms with Crippen molar-refractivity contribution in [3.05, 3.63) is 35.4 Å². The Labute approximate surface area is 163 Å². The Morgan fingerprint density at radius 2 is 1.54 bits per heavy atom. The molecule has 7 heteroatoms. The predicted octanol–water partition coefficient (Wildman–Crippen LogP) is 3.31. The van der Waals surface area contributed by atoms with E-state index in [0.717, 1.165) is 11.1 Å². The van der Waals surface area contributed by atoms with Gasteiger partial charge in [0.05, 0.1) is 21.3 Å². The van der Waals surface area contributed by atoms with Gasteiger partial charge in [0.25, 0.3) is 0 Å². The minimum atomic E-state index is -1.40. The van der Waals surface area contributed by atoms with Gasteiger partial charge in [0, 0.05) is 48.1 Å². The van der Waals surface area contributed by atoms with E-state index < -0.39 is 5.79 Å². The Bertz CT molecular complexity index is 881. The first-order valence-electron chi connectivity index (χ1n) is 9.04. The lowest BCUT2D eigenvalue weighted by Gasteiger charge is -2.42. The van der Waals surface area contributed by atoms with Crippen LogP contribution < -0.4 is 28.4 Å². The van der Waals surface area contributed by atoms with E-state index in [0.29, 0.717) is 34.5 Å². The molecule has 4 rings (SSSR count). The van der Waals surface area contributed by atoms with Crippen molar-refractivity contribution in [2.24, 2.45) is 5.92 Å². The molecule has 0 amide bonds. The third-order valence-electron chi connectivity index (χ3n) is 5.57. The molecule has 0 aliphatic carbocycles. The Balaban J connectivity index is 1.97. The van der Waals surface area contributed by atoms with E-state index >= 15 is 0 Å². The summed E-state index contributed by atoms with van der Waals surface area (Å²) in [6.45, 7) is 3.74. The number of methoxy groups -OCH3 is 3. The molecule has 0 spiro atoms. The SMILES string of the molecule is COc1cc(OC)c(C2c3cc4c(cc3OC(C)(O)C2C)OCO4)c(OC)c1. The summed E-state index contributed by atoms with van der Waals surface area (Å²) in [4.78, 5) is 0. The van der Waals surface area contributed by atoms with Crippen molar-refractivity contribution in [1.29, 1.82) is 0 Å². The van der Waals surface area contributed by atoms with Crippen LogP contribution in [0.3, 0.4) is 0 Å². The van der Waals surface area contributed by atoms with Crippen molar-refractivity contribution in [3.8, 4) is 34.5 Å². The Morgan fingerprint density at radius 1 is 0.929 bits per heavy atom. The van der Waals surface area contributed by atoms with E-state index in [-0.39, 0.29) is 18.6 Å². The van der Waals surface area contributed by atoms with Gasteiger partial charge < -0.3 is 33.5 Å². The van der Waals surface area contributed by atoms with E-state index in [2.05, 4.69) is 0 Å². The fourth-order valence-electron chi connectivity index (χ4n) is 3.91. The number of aliphatic hydroxyl groups is 1. The first kappa shape index (κ1) is 18.6. The van der Waals surface area contributed by atoms with Gasteiger partial charge in [0.15, 0.2) is 11.5 Å². The van der Waals surface area contributed by atoms with Crippen LogP contribution in [-0.2, 0) is 0 Å². The average Bonchev–Trinajstić information content (AvgIpc) is 3.14. The first-order valence-corrected chi connectivity index (χ1v) is 9.04. The summed E-state index contributed by atoms with van der Waals surface area (Å²) in [7, 11) is 4.78. The van der Waals surface area contributed by atoms with Gasteiger partial charge >= 0.3 is 0 Å². The highest BCUT2D eigenvalue weighted by Gasteiger charge is 2.46. The van der Waals surface area contributed by atoms with Gasteiger partial charge in [-0.15, -0.1) is 0 Å². The number of ether oxygens (including phenoxy) is 6. The van der Waals surface area contributed by atoms with Crippen molar-refractivity contribution in [2.45, 2.75) is 25.6 Å². The smallest absolute Gasteiger partial charge is 0.231 e. The van der Waals surface area contributed by atoms with Gasteiger partial charge in [-0.25, -0.2) is 0 Å². The highest BCUT2D eigenvalue weighted by Crippen LogP contribution is 2.55. The lowest BCUT2D eigenvalue weighted by Crippen LogP contribution is -2.45. The van der Waals surface area contributed by atoms with Gasteiger partial charge in [-0.05, 0) is 6.07 Å². The van der Waals surface area contributed by atoms with Gasteiger partial charge in [-0.2, -0.15) is 0 Å². The van der Waals surface area contributed by atoms with Crippen LogP contribution in [-0.4, -0.2) is 39.0 Å². The molecule has 0 saturated carbocycles. The van der Waals surface area contributed by atoms with Crippen molar-refractivity contribution >= 4 is 0 Å². The van der Waals surface area contributed by atoms with E-state index in [9.17, 15) is 5.11 Å². The zero-order valence-electron chi connectivity index (χ0n) is 16.6. The van der Waals surface area contributed by atoms with E-state index in [1.165, 1.54) is 0 Å². The zero-order valence-corrected chi connectivity index (χ0v) is 16.6. The number of fused-ring (bicyclic) bond motifs is 2. The Kier molecular flexibility index (Phi) is 4.42. The second-order valence-electron chi connectivity index (χ2n) is 7.11. The van der Waals surface area contributed by atoms with Crippen LogP contribution in [0.15, 0.2) is 24.3 Å². The number of hydrogen-bond acceptors (Lipinski definition) is 7.